The van der Waals surface area contributed by atoms with Gasteiger partial charge in [0.15, 0.2) is 5.96 Å². The van der Waals surface area contributed by atoms with E-state index in [0.717, 1.165) is 25.5 Å². The van der Waals surface area contributed by atoms with Gasteiger partial charge in [-0.3, -0.25) is 9.79 Å². The summed E-state index contributed by atoms with van der Waals surface area (Å²) >= 11 is 0. The zero-order valence-electron chi connectivity index (χ0n) is 14.2. The molecule has 4 unspecified atom stereocenters. The molecule has 0 bridgehead atoms. The predicted octanol–water partition coefficient (Wildman–Crippen LogP) is 0.730. The first-order valence-electron chi connectivity index (χ1n) is 8.99. The van der Waals surface area contributed by atoms with Crippen molar-refractivity contribution in [2.75, 3.05) is 27.2 Å². The zero-order valence-corrected chi connectivity index (χ0v) is 14.2. The van der Waals surface area contributed by atoms with Crippen molar-refractivity contribution in [3.63, 3.8) is 0 Å². The van der Waals surface area contributed by atoms with Crippen LogP contribution >= 0.6 is 0 Å². The highest BCUT2D eigenvalue weighted by molar-refractivity contribution is 5.81. The van der Waals surface area contributed by atoms with Gasteiger partial charge in [-0.2, -0.15) is 0 Å². The monoisotopic (exact) mass is 320 g/mol. The van der Waals surface area contributed by atoms with Crippen LogP contribution in [0.5, 0.6) is 0 Å². The molecule has 0 aromatic rings. The molecule has 2 N–H and O–H groups in total. The predicted molar refractivity (Wildman–Crippen MR) is 88.2 cm³/mol. The number of rotatable bonds is 2. The Morgan fingerprint density at radius 3 is 2.83 bits per heavy atom. The molecule has 0 aromatic heterocycles. The number of carbonyl (C=O) groups is 1. The van der Waals surface area contributed by atoms with Crippen LogP contribution in [0.2, 0.25) is 0 Å². The third kappa shape index (κ3) is 2.33. The fourth-order valence-corrected chi connectivity index (χ4v) is 5.10. The Morgan fingerprint density at radius 2 is 2.17 bits per heavy atom. The summed E-state index contributed by atoms with van der Waals surface area (Å²) in [6.45, 7) is 1.67. The van der Waals surface area contributed by atoms with Crippen molar-refractivity contribution in [2.24, 2.45) is 16.3 Å². The molecule has 4 rings (SSSR count). The molecule has 6 nitrogen and oxygen atoms in total. The number of fused-ring (bicyclic) bond motifs is 2. The number of nitrogens with zero attached hydrogens (tertiary/aromatic N) is 2. The smallest absolute Gasteiger partial charge is 0.222 e. The summed E-state index contributed by atoms with van der Waals surface area (Å²) in [5.74, 6) is 1.77. The number of hydrogen-bond acceptors (Lipinski definition) is 3. The third-order valence-corrected chi connectivity index (χ3v) is 6.52. The quantitative estimate of drug-likeness (QED) is 0.581. The first-order valence-corrected chi connectivity index (χ1v) is 8.99. The number of aliphatic imine (C=N–C) groups is 1. The SMILES string of the molecule is CN=C(NC1CCC(=O)N(C)C1)NC1C2CCOC2C12CCC2. The number of piperidine rings is 1. The van der Waals surface area contributed by atoms with E-state index < -0.39 is 0 Å². The van der Waals surface area contributed by atoms with Gasteiger partial charge in [0.05, 0.1) is 6.10 Å². The molecule has 2 aliphatic carbocycles. The molecule has 1 spiro atoms. The van der Waals surface area contributed by atoms with E-state index in [1.807, 2.05) is 19.0 Å². The van der Waals surface area contributed by atoms with E-state index in [1.54, 1.807) is 0 Å². The van der Waals surface area contributed by atoms with Gasteiger partial charge in [-0.05, 0) is 25.7 Å². The average Bonchev–Trinajstić information content (AvgIpc) is 2.90. The van der Waals surface area contributed by atoms with Crippen molar-refractivity contribution in [2.45, 2.75) is 56.7 Å². The maximum absolute atomic E-state index is 11.6. The maximum Gasteiger partial charge on any atom is 0.222 e. The lowest BCUT2D eigenvalue weighted by atomic mass is 9.46. The molecule has 128 valence electrons. The van der Waals surface area contributed by atoms with E-state index >= 15 is 0 Å². The Kier molecular flexibility index (Phi) is 3.75. The highest BCUT2D eigenvalue weighted by atomic mass is 16.5. The van der Waals surface area contributed by atoms with E-state index in [0.29, 0.717) is 29.9 Å². The van der Waals surface area contributed by atoms with Crippen molar-refractivity contribution < 1.29 is 9.53 Å². The summed E-state index contributed by atoms with van der Waals surface area (Å²) in [4.78, 5) is 17.9. The summed E-state index contributed by atoms with van der Waals surface area (Å²) in [5.41, 5.74) is 0.359. The number of hydrogen-bond donors (Lipinski definition) is 2. The van der Waals surface area contributed by atoms with Gasteiger partial charge in [-0.15, -0.1) is 0 Å². The Bertz CT molecular complexity index is 517. The standard InChI is InChI=1S/C17H28N4O2/c1-18-16(19-11-4-5-13(22)21(2)10-11)20-14-12-6-9-23-15(12)17(14)7-3-8-17/h11-12,14-15H,3-10H2,1-2H3,(H2,18,19,20). The maximum atomic E-state index is 11.6. The van der Waals surface area contributed by atoms with E-state index in [4.69, 9.17) is 4.74 Å². The first-order chi connectivity index (χ1) is 11.1. The van der Waals surface area contributed by atoms with Gasteiger partial charge in [-0.1, -0.05) is 6.42 Å². The number of guanidine groups is 1. The van der Waals surface area contributed by atoms with Crippen molar-refractivity contribution in [1.82, 2.24) is 15.5 Å². The average molecular weight is 320 g/mol. The highest BCUT2D eigenvalue weighted by Crippen LogP contribution is 2.62. The van der Waals surface area contributed by atoms with Gasteiger partial charge < -0.3 is 20.3 Å². The van der Waals surface area contributed by atoms with Crippen molar-refractivity contribution >= 4 is 11.9 Å². The molecule has 4 fully saturated rings. The van der Waals surface area contributed by atoms with E-state index in [-0.39, 0.29) is 11.9 Å². The van der Waals surface area contributed by atoms with E-state index in [9.17, 15) is 4.79 Å². The number of amides is 1. The van der Waals surface area contributed by atoms with Gasteiger partial charge in [0.25, 0.3) is 0 Å². The largest absolute Gasteiger partial charge is 0.377 e. The molecule has 1 amide bonds. The van der Waals surface area contributed by atoms with E-state index in [2.05, 4.69) is 15.6 Å². The number of carbonyl (C=O) groups excluding carboxylic acids is 1. The van der Waals surface area contributed by atoms with Crippen LogP contribution < -0.4 is 10.6 Å². The van der Waals surface area contributed by atoms with Crippen molar-refractivity contribution in [1.29, 1.82) is 0 Å². The molecule has 23 heavy (non-hydrogen) atoms. The van der Waals surface area contributed by atoms with Crippen LogP contribution in [-0.2, 0) is 9.53 Å². The van der Waals surface area contributed by atoms with Gasteiger partial charge in [-0.25, -0.2) is 0 Å². The van der Waals surface area contributed by atoms with Crippen molar-refractivity contribution in [3.8, 4) is 0 Å². The Balaban J connectivity index is 1.38. The molecule has 0 aromatic carbocycles. The number of nitrogens with one attached hydrogen (secondary N) is 2. The number of likely N-dealkylation sites (tertiary alicyclic amines) is 1. The van der Waals surface area contributed by atoms with Crippen LogP contribution in [0.25, 0.3) is 0 Å². The second kappa shape index (κ2) is 5.65. The lowest BCUT2D eigenvalue weighted by Crippen LogP contribution is -2.73. The summed E-state index contributed by atoms with van der Waals surface area (Å²) in [7, 11) is 3.71. The minimum absolute atomic E-state index is 0.240. The zero-order chi connectivity index (χ0) is 16.0. The van der Waals surface area contributed by atoms with Gasteiger partial charge in [0.2, 0.25) is 5.91 Å². The molecule has 0 radical (unpaired) electrons. The summed E-state index contributed by atoms with van der Waals surface area (Å²) < 4.78 is 5.99. The first kappa shape index (κ1) is 15.2. The van der Waals surface area contributed by atoms with Crippen LogP contribution in [0.3, 0.4) is 0 Å². The van der Waals surface area contributed by atoms with Crippen LogP contribution in [0, 0.1) is 11.3 Å². The molecule has 4 aliphatic rings. The summed E-state index contributed by atoms with van der Waals surface area (Å²) in [5, 5.41) is 7.22. The fraction of sp³-hybridized carbons (Fsp3) is 0.882. The van der Waals surface area contributed by atoms with Gasteiger partial charge in [0.1, 0.15) is 0 Å². The summed E-state index contributed by atoms with van der Waals surface area (Å²) in [6.07, 6.45) is 7.04. The second-order valence-corrected chi connectivity index (χ2v) is 7.68. The topological polar surface area (TPSA) is 66.0 Å². The fourth-order valence-electron chi connectivity index (χ4n) is 5.10. The Hall–Kier alpha value is -1.30. The molecule has 2 saturated heterocycles. The molecule has 4 atom stereocenters. The van der Waals surface area contributed by atoms with Crippen LogP contribution in [0.1, 0.15) is 38.5 Å². The second-order valence-electron chi connectivity index (χ2n) is 7.68. The Labute approximate surface area is 138 Å². The molecule has 2 heterocycles. The molecule has 2 aliphatic heterocycles. The van der Waals surface area contributed by atoms with Crippen molar-refractivity contribution in [3.05, 3.63) is 0 Å². The lowest BCUT2D eigenvalue weighted by molar-refractivity contribution is -0.171. The Morgan fingerprint density at radius 1 is 1.35 bits per heavy atom. The number of ether oxygens (including phenoxy) is 1. The lowest BCUT2D eigenvalue weighted by Gasteiger charge is -2.63. The van der Waals surface area contributed by atoms with Crippen LogP contribution in [0.15, 0.2) is 4.99 Å². The molecular formula is C17H28N4O2. The molecule has 2 saturated carbocycles. The van der Waals surface area contributed by atoms with Crippen LogP contribution in [0.4, 0.5) is 0 Å². The normalized spacial score (nSPS) is 38.8. The molecular weight excluding hydrogens is 292 g/mol. The minimum atomic E-state index is 0.240. The van der Waals surface area contributed by atoms with E-state index in [1.165, 1.54) is 25.7 Å². The highest BCUT2D eigenvalue weighted by Gasteiger charge is 2.66. The molecule has 6 heteroatoms. The minimum Gasteiger partial charge on any atom is -0.377 e. The van der Waals surface area contributed by atoms with Crippen LogP contribution in [-0.4, -0.2) is 62.2 Å². The van der Waals surface area contributed by atoms with Gasteiger partial charge in [0, 0.05) is 57.1 Å². The third-order valence-electron chi connectivity index (χ3n) is 6.52. The van der Waals surface area contributed by atoms with Gasteiger partial charge >= 0.3 is 0 Å². The number of likely N-dealkylation sites (N-methyl/N-ethyl adjacent to an activating group) is 1. The summed E-state index contributed by atoms with van der Waals surface area (Å²) in [6, 6.07) is 0.787.